The van der Waals surface area contributed by atoms with Gasteiger partial charge in [0.15, 0.2) is 0 Å². The number of sulfonamides is 1. The number of aryl methyl sites for hydroxylation is 1. The van der Waals surface area contributed by atoms with Crippen LogP contribution in [0.15, 0.2) is 24.3 Å². The van der Waals surface area contributed by atoms with Crippen LogP contribution in [0.25, 0.3) is 0 Å². The number of benzene rings is 1. The zero-order chi connectivity index (χ0) is 13.9. The Morgan fingerprint density at radius 1 is 1.33 bits per heavy atom. The van der Waals surface area contributed by atoms with Gasteiger partial charge in [0.2, 0.25) is 15.9 Å². The van der Waals surface area contributed by atoms with Gasteiger partial charge in [0.05, 0.1) is 11.9 Å². The van der Waals surface area contributed by atoms with E-state index in [-0.39, 0.29) is 0 Å². The maximum Gasteiger partial charge on any atom is 0.241 e. The first-order chi connectivity index (χ1) is 8.27. The third-order valence-corrected chi connectivity index (χ3v) is 3.82. The van der Waals surface area contributed by atoms with Crippen molar-refractivity contribution in [2.45, 2.75) is 26.3 Å². The number of rotatable bonds is 5. The summed E-state index contributed by atoms with van der Waals surface area (Å²) in [6.07, 6.45) is 1.40. The average Bonchev–Trinajstić information content (AvgIpc) is 2.25. The Morgan fingerprint density at radius 2 is 1.83 bits per heavy atom. The van der Waals surface area contributed by atoms with Gasteiger partial charge in [0.25, 0.3) is 0 Å². The van der Waals surface area contributed by atoms with Crippen molar-refractivity contribution in [3.63, 3.8) is 0 Å². The van der Waals surface area contributed by atoms with E-state index < -0.39 is 22.0 Å². The molecule has 1 rings (SSSR count). The number of primary amides is 1. The summed E-state index contributed by atoms with van der Waals surface area (Å²) >= 11 is 0. The van der Waals surface area contributed by atoms with Crippen LogP contribution < -0.4 is 10.0 Å². The molecule has 2 N–H and O–H groups in total. The standard InChI is InChI=1S/C12H18N2O3S/c1-4-11(12(13)15)14(18(3,16)17)10-7-5-9(2)6-8-10/h5-8,11H,4H2,1-3H3,(H2,13,15)/t11-/m1/s1. The van der Waals surface area contributed by atoms with Gasteiger partial charge >= 0.3 is 0 Å². The molecule has 0 saturated carbocycles. The molecule has 5 nitrogen and oxygen atoms in total. The second-order valence-electron chi connectivity index (χ2n) is 4.22. The zero-order valence-electron chi connectivity index (χ0n) is 10.8. The van der Waals surface area contributed by atoms with Crippen molar-refractivity contribution < 1.29 is 13.2 Å². The number of nitrogens with zero attached hydrogens (tertiary/aromatic N) is 1. The quantitative estimate of drug-likeness (QED) is 0.867. The van der Waals surface area contributed by atoms with Gasteiger partial charge < -0.3 is 5.73 Å². The summed E-state index contributed by atoms with van der Waals surface area (Å²) < 4.78 is 24.8. The molecule has 100 valence electrons. The van der Waals surface area contributed by atoms with E-state index in [1.165, 1.54) is 0 Å². The van der Waals surface area contributed by atoms with E-state index in [0.717, 1.165) is 16.1 Å². The molecular formula is C12H18N2O3S. The first kappa shape index (κ1) is 14.5. The summed E-state index contributed by atoms with van der Waals surface area (Å²) in [6, 6.07) is 6.06. The number of anilines is 1. The van der Waals surface area contributed by atoms with E-state index in [1.54, 1.807) is 31.2 Å². The number of hydrogen-bond donors (Lipinski definition) is 1. The van der Waals surface area contributed by atoms with Crippen LogP contribution in [0.4, 0.5) is 5.69 Å². The lowest BCUT2D eigenvalue weighted by Gasteiger charge is -2.28. The Balaban J connectivity index is 3.30. The zero-order valence-corrected chi connectivity index (χ0v) is 11.6. The Bertz CT molecular complexity index is 523. The molecule has 6 heteroatoms. The molecule has 0 unspecified atom stereocenters. The van der Waals surface area contributed by atoms with E-state index in [0.29, 0.717) is 12.1 Å². The van der Waals surface area contributed by atoms with Gasteiger partial charge in [-0.05, 0) is 25.5 Å². The summed E-state index contributed by atoms with van der Waals surface area (Å²) in [6.45, 7) is 3.63. The third kappa shape index (κ3) is 3.22. The summed E-state index contributed by atoms with van der Waals surface area (Å²) in [5.41, 5.74) is 6.73. The third-order valence-electron chi connectivity index (χ3n) is 2.64. The largest absolute Gasteiger partial charge is 0.368 e. The van der Waals surface area contributed by atoms with Gasteiger partial charge in [-0.15, -0.1) is 0 Å². The van der Waals surface area contributed by atoms with Gasteiger partial charge in [-0.25, -0.2) is 8.42 Å². The predicted octanol–water partition coefficient (Wildman–Crippen LogP) is 1.02. The fourth-order valence-corrected chi connectivity index (χ4v) is 3.00. The molecule has 18 heavy (non-hydrogen) atoms. The molecule has 0 saturated heterocycles. The molecule has 1 aromatic rings. The minimum atomic E-state index is -3.55. The first-order valence-corrected chi connectivity index (χ1v) is 7.47. The summed E-state index contributed by atoms with van der Waals surface area (Å²) in [5.74, 6) is -0.650. The van der Waals surface area contributed by atoms with E-state index in [9.17, 15) is 13.2 Å². The lowest BCUT2D eigenvalue weighted by Crippen LogP contribution is -2.47. The van der Waals surface area contributed by atoms with E-state index in [1.807, 2.05) is 6.92 Å². The highest BCUT2D eigenvalue weighted by atomic mass is 32.2. The van der Waals surface area contributed by atoms with Crippen molar-refractivity contribution in [1.82, 2.24) is 0 Å². The molecule has 1 atom stereocenters. The topological polar surface area (TPSA) is 80.5 Å². The molecule has 0 aromatic heterocycles. The first-order valence-electron chi connectivity index (χ1n) is 5.62. The number of hydrogen-bond acceptors (Lipinski definition) is 3. The number of amides is 1. The highest BCUT2D eigenvalue weighted by Gasteiger charge is 2.29. The number of carbonyl (C=O) groups is 1. The minimum Gasteiger partial charge on any atom is -0.368 e. The van der Waals surface area contributed by atoms with Gasteiger partial charge in [0, 0.05) is 0 Å². The van der Waals surface area contributed by atoms with Crippen molar-refractivity contribution >= 4 is 21.6 Å². The van der Waals surface area contributed by atoms with Crippen molar-refractivity contribution in [3.05, 3.63) is 29.8 Å². The highest BCUT2D eigenvalue weighted by molar-refractivity contribution is 7.92. The Hall–Kier alpha value is -1.56. The van der Waals surface area contributed by atoms with Crippen molar-refractivity contribution in [3.8, 4) is 0 Å². The van der Waals surface area contributed by atoms with Crippen LogP contribution in [0.3, 0.4) is 0 Å². The molecule has 0 radical (unpaired) electrons. The number of nitrogens with two attached hydrogens (primary N) is 1. The Morgan fingerprint density at radius 3 is 2.17 bits per heavy atom. The fraction of sp³-hybridized carbons (Fsp3) is 0.417. The van der Waals surface area contributed by atoms with Crippen molar-refractivity contribution in [2.75, 3.05) is 10.6 Å². The normalized spacial score (nSPS) is 13.1. The second kappa shape index (κ2) is 5.39. The molecule has 0 aliphatic rings. The van der Waals surface area contributed by atoms with E-state index in [4.69, 9.17) is 5.73 Å². The Labute approximate surface area is 108 Å². The lowest BCUT2D eigenvalue weighted by molar-refractivity contribution is -0.119. The Kier molecular flexibility index (Phi) is 4.34. The van der Waals surface area contributed by atoms with Crippen LogP contribution in [0, 0.1) is 6.92 Å². The lowest BCUT2D eigenvalue weighted by atomic mass is 10.1. The van der Waals surface area contributed by atoms with Crippen LogP contribution in [0.2, 0.25) is 0 Å². The van der Waals surface area contributed by atoms with Crippen LogP contribution >= 0.6 is 0 Å². The van der Waals surface area contributed by atoms with Crippen molar-refractivity contribution in [2.24, 2.45) is 5.73 Å². The van der Waals surface area contributed by atoms with E-state index in [2.05, 4.69) is 0 Å². The van der Waals surface area contributed by atoms with Gasteiger partial charge in [0.1, 0.15) is 6.04 Å². The molecule has 0 aliphatic carbocycles. The minimum absolute atomic E-state index is 0.330. The predicted molar refractivity (Wildman–Crippen MR) is 71.8 cm³/mol. The van der Waals surface area contributed by atoms with Gasteiger partial charge in [-0.2, -0.15) is 0 Å². The number of carbonyl (C=O) groups excluding carboxylic acids is 1. The summed E-state index contributed by atoms with van der Waals surface area (Å²) in [4.78, 5) is 11.4. The fourth-order valence-electron chi connectivity index (χ4n) is 1.78. The summed E-state index contributed by atoms with van der Waals surface area (Å²) in [7, 11) is -3.55. The molecule has 0 heterocycles. The molecule has 0 bridgehead atoms. The van der Waals surface area contributed by atoms with Gasteiger partial charge in [-0.1, -0.05) is 24.6 Å². The van der Waals surface area contributed by atoms with Crippen LogP contribution in [0.1, 0.15) is 18.9 Å². The molecule has 1 aromatic carbocycles. The second-order valence-corrected chi connectivity index (χ2v) is 6.08. The molecule has 0 fully saturated rings. The monoisotopic (exact) mass is 270 g/mol. The SMILES string of the molecule is CC[C@H](C(N)=O)N(c1ccc(C)cc1)S(C)(=O)=O. The maximum atomic E-state index is 11.8. The van der Waals surface area contributed by atoms with Crippen molar-refractivity contribution in [1.29, 1.82) is 0 Å². The van der Waals surface area contributed by atoms with Gasteiger partial charge in [-0.3, -0.25) is 9.10 Å². The molecule has 0 spiro atoms. The summed E-state index contributed by atoms with van der Waals surface area (Å²) in [5, 5.41) is 0. The molecule has 0 aliphatic heterocycles. The molecular weight excluding hydrogens is 252 g/mol. The average molecular weight is 270 g/mol. The molecule has 1 amide bonds. The van der Waals surface area contributed by atoms with Crippen LogP contribution in [-0.2, 0) is 14.8 Å². The van der Waals surface area contributed by atoms with Crippen LogP contribution in [-0.4, -0.2) is 26.6 Å². The highest BCUT2D eigenvalue weighted by Crippen LogP contribution is 2.22. The smallest absolute Gasteiger partial charge is 0.241 e. The maximum absolute atomic E-state index is 11.8. The van der Waals surface area contributed by atoms with E-state index >= 15 is 0 Å². The van der Waals surface area contributed by atoms with Crippen LogP contribution in [0.5, 0.6) is 0 Å².